The largest absolute Gasteiger partial charge is 0.392 e. The van der Waals surface area contributed by atoms with Crippen LogP contribution < -0.4 is 0 Å². The predicted molar refractivity (Wildman–Crippen MR) is 47.7 cm³/mol. The molecule has 0 radical (unpaired) electrons. The zero-order valence-corrected chi connectivity index (χ0v) is 7.67. The number of hydrogen-bond donors (Lipinski definition) is 0. The zero-order chi connectivity index (χ0) is 9.84. The fourth-order valence-electron chi connectivity index (χ4n) is 0.963. The van der Waals surface area contributed by atoms with E-state index in [1.807, 2.05) is 0 Å². The Kier molecular flexibility index (Phi) is 3.03. The monoisotopic (exact) mass is 198 g/mol. The van der Waals surface area contributed by atoms with E-state index in [0.717, 1.165) is 0 Å². The molecule has 0 bridgehead atoms. The van der Waals surface area contributed by atoms with Gasteiger partial charge in [-0.25, -0.2) is 4.79 Å². The molecule has 0 amide bonds. The highest BCUT2D eigenvalue weighted by atomic mass is 35.5. The molecule has 0 heterocycles. The third-order valence-electron chi connectivity index (χ3n) is 1.56. The molecule has 0 aromatic heterocycles. The van der Waals surface area contributed by atoms with Crippen LogP contribution in [-0.2, 0) is 9.53 Å². The lowest BCUT2D eigenvalue weighted by molar-refractivity contribution is -0.123. The molecule has 0 saturated carbocycles. The molecule has 0 saturated heterocycles. The molecule has 0 N–H and O–H groups in total. The number of carbonyl (C=O) groups is 2. The van der Waals surface area contributed by atoms with E-state index in [1.165, 1.54) is 6.07 Å². The van der Waals surface area contributed by atoms with Gasteiger partial charge in [-0.05, 0) is 30.7 Å². The number of aryl methyl sites for hydroxylation is 1. The molecule has 1 aromatic carbocycles. The van der Waals surface area contributed by atoms with E-state index in [2.05, 4.69) is 4.74 Å². The quantitative estimate of drug-likeness (QED) is 0.415. The van der Waals surface area contributed by atoms with Crippen molar-refractivity contribution in [2.75, 3.05) is 0 Å². The Morgan fingerprint density at radius 3 is 2.77 bits per heavy atom. The normalized spacial score (nSPS) is 9.38. The second-order valence-corrected chi connectivity index (χ2v) is 2.90. The van der Waals surface area contributed by atoms with Gasteiger partial charge in [0.15, 0.2) is 0 Å². The van der Waals surface area contributed by atoms with E-state index in [9.17, 15) is 9.59 Å². The third kappa shape index (κ3) is 2.29. The average molecular weight is 199 g/mol. The Morgan fingerprint density at radius 1 is 1.54 bits per heavy atom. The van der Waals surface area contributed by atoms with Gasteiger partial charge in [-0.2, -0.15) is 0 Å². The molecule has 0 spiro atoms. The van der Waals surface area contributed by atoms with Crippen LogP contribution in [0.25, 0.3) is 0 Å². The minimum absolute atomic E-state index is 0.108. The number of hydrogen-bond acceptors (Lipinski definition) is 3. The lowest BCUT2D eigenvalue weighted by Crippen LogP contribution is -2.05. The van der Waals surface area contributed by atoms with Gasteiger partial charge in [0.1, 0.15) is 0 Å². The maximum Gasteiger partial charge on any atom is 0.345 e. The maximum atomic E-state index is 11.1. The molecule has 0 unspecified atom stereocenters. The summed E-state index contributed by atoms with van der Waals surface area (Å²) >= 11 is 5.68. The SMILES string of the molecule is Cc1cc(Cl)ccc1C(=O)OC=O. The van der Waals surface area contributed by atoms with Gasteiger partial charge in [-0.1, -0.05) is 11.6 Å². The Bertz CT molecular complexity index is 347. The van der Waals surface area contributed by atoms with Crippen molar-refractivity contribution in [1.29, 1.82) is 0 Å². The van der Waals surface area contributed by atoms with E-state index >= 15 is 0 Å². The van der Waals surface area contributed by atoms with Gasteiger partial charge in [-0.3, -0.25) is 4.79 Å². The van der Waals surface area contributed by atoms with Crippen LogP contribution in [0.4, 0.5) is 0 Å². The van der Waals surface area contributed by atoms with Crippen LogP contribution in [-0.4, -0.2) is 12.4 Å². The molecule has 4 heteroatoms. The minimum Gasteiger partial charge on any atom is -0.392 e. The Labute approximate surface area is 80.3 Å². The smallest absolute Gasteiger partial charge is 0.345 e. The summed E-state index contributed by atoms with van der Waals surface area (Å²) < 4.78 is 4.19. The van der Waals surface area contributed by atoms with Gasteiger partial charge in [0.05, 0.1) is 5.56 Å². The molecule has 0 aliphatic rings. The average Bonchev–Trinajstić information content (AvgIpc) is 2.04. The lowest BCUT2D eigenvalue weighted by Gasteiger charge is -2.01. The molecule has 1 rings (SSSR count). The Hall–Kier alpha value is -1.35. The first-order valence-corrected chi connectivity index (χ1v) is 3.93. The topological polar surface area (TPSA) is 43.4 Å². The number of ether oxygens (including phenoxy) is 1. The lowest BCUT2D eigenvalue weighted by atomic mass is 10.1. The number of esters is 1. The van der Waals surface area contributed by atoms with Gasteiger partial charge in [0.25, 0.3) is 0 Å². The van der Waals surface area contributed by atoms with Crippen LogP contribution in [0.15, 0.2) is 18.2 Å². The van der Waals surface area contributed by atoms with Crippen molar-refractivity contribution in [3.05, 3.63) is 34.3 Å². The highest BCUT2D eigenvalue weighted by molar-refractivity contribution is 6.30. The third-order valence-corrected chi connectivity index (χ3v) is 1.80. The molecule has 0 atom stereocenters. The Morgan fingerprint density at radius 2 is 2.23 bits per heavy atom. The van der Waals surface area contributed by atoms with Gasteiger partial charge < -0.3 is 4.74 Å². The zero-order valence-electron chi connectivity index (χ0n) is 6.91. The number of carbonyl (C=O) groups excluding carboxylic acids is 2. The van der Waals surface area contributed by atoms with Crippen molar-refractivity contribution < 1.29 is 14.3 Å². The fourth-order valence-corrected chi connectivity index (χ4v) is 1.19. The first kappa shape index (κ1) is 9.74. The molecule has 68 valence electrons. The van der Waals surface area contributed by atoms with E-state index < -0.39 is 5.97 Å². The second kappa shape index (κ2) is 4.05. The molecular weight excluding hydrogens is 192 g/mol. The first-order chi connectivity index (χ1) is 6.15. The van der Waals surface area contributed by atoms with Gasteiger partial charge >= 0.3 is 12.4 Å². The van der Waals surface area contributed by atoms with E-state index in [1.54, 1.807) is 19.1 Å². The van der Waals surface area contributed by atoms with Crippen LogP contribution in [0.2, 0.25) is 5.02 Å². The van der Waals surface area contributed by atoms with E-state index in [-0.39, 0.29) is 6.47 Å². The number of benzene rings is 1. The second-order valence-electron chi connectivity index (χ2n) is 2.46. The summed E-state index contributed by atoms with van der Waals surface area (Å²) in [5.74, 6) is -0.663. The van der Waals surface area contributed by atoms with Gasteiger partial charge in [-0.15, -0.1) is 0 Å². The summed E-state index contributed by atoms with van der Waals surface area (Å²) in [6, 6.07) is 4.71. The fraction of sp³-hybridized carbons (Fsp3) is 0.111. The van der Waals surface area contributed by atoms with Gasteiger partial charge in [0, 0.05) is 5.02 Å². The minimum atomic E-state index is -0.663. The summed E-state index contributed by atoms with van der Waals surface area (Å²) in [6.45, 7) is 1.82. The highest BCUT2D eigenvalue weighted by Crippen LogP contribution is 2.15. The molecule has 0 fully saturated rings. The van der Waals surface area contributed by atoms with Gasteiger partial charge in [0.2, 0.25) is 0 Å². The van der Waals surface area contributed by atoms with Crippen molar-refractivity contribution in [2.24, 2.45) is 0 Å². The van der Waals surface area contributed by atoms with Crippen LogP contribution in [0.3, 0.4) is 0 Å². The molecule has 0 aliphatic heterocycles. The molecule has 3 nitrogen and oxygen atoms in total. The summed E-state index contributed by atoms with van der Waals surface area (Å²) in [6.07, 6.45) is 0. The van der Waals surface area contributed by atoms with Crippen LogP contribution in [0.1, 0.15) is 15.9 Å². The van der Waals surface area contributed by atoms with Crippen LogP contribution in [0, 0.1) is 6.92 Å². The summed E-state index contributed by atoms with van der Waals surface area (Å²) in [5, 5.41) is 0.542. The summed E-state index contributed by atoms with van der Waals surface area (Å²) in [4.78, 5) is 21.0. The highest BCUT2D eigenvalue weighted by Gasteiger charge is 2.09. The van der Waals surface area contributed by atoms with Crippen molar-refractivity contribution in [3.8, 4) is 0 Å². The standard InChI is InChI=1S/C9H7ClO3/c1-6-4-7(10)2-3-8(6)9(12)13-5-11/h2-5H,1H3. The first-order valence-electron chi connectivity index (χ1n) is 3.56. The number of rotatable bonds is 2. The van der Waals surface area contributed by atoms with E-state index in [0.29, 0.717) is 16.1 Å². The summed E-state index contributed by atoms with van der Waals surface area (Å²) in [5.41, 5.74) is 1.02. The van der Waals surface area contributed by atoms with Crippen molar-refractivity contribution >= 4 is 24.0 Å². The van der Waals surface area contributed by atoms with Crippen molar-refractivity contribution in [3.63, 3.8) is 0 Å². The predicted octanol–water partition coefficient (Wildman–Crippen LogP) is 1.96. The molecule has 0 aliphatic carbocycles. The molecule has 1 aromatic rings. The van der Waals surface area contributed by atoms with Crippen molar-refractivity contribution in [1.82, 2.24) is 0 Å². The molecular formula is C9H7ClO3. The van der Waals surface area contributed by atoms with Crippen molar-refractivity contribution in [2.45, 2.75) is 6.92 Å². The molecule has 13 heavy (non-hydrogen) atoms. The van der Waals surface area contributed by atoms with Crippen LogP contribution >= 0.6 is 11.6 Å². The Balaban J connectivity index is 3.01. The summed E-state index contributed by atoms with van der Waals surface area (Å²) in [7, 11) is 0. The maximum absolute atomic E-state index is 11.1. The van der Waals surface area contributed by atoms with E-state index in [4.69, 9.17) is 11.6 Å². The van der Waals surface area contributed by atoms with Crippen LogP contribution in [0.5, 0.6) is 0 Å². The number of halogens is 1.